The van der Waals surface area contributed by atoms with Crippen LogP contribution >= 0.6 is 0 Å². The van der Waals surface area contributed by atoms with Gasteiger partial charge in [-0.25, -0.2) is 4.98 Å². The van der Waals surface area contributed by atoms with Crippen LogP contribution < -0.4 is 0 Å². The van der Waals surface area contributed by atoms with E-state index in [4.69, 9.17) is 0 Å². The van der Waals surface area contributed by atoms with E-state index < -0.39 is 0 Å². The van der Waals surface area contributed by atoms with Gasteiger partial charge in [-0.1, -0.05) is 0 Å². The van der Waals surface area contributed by atoms with Crippen molar-refractivity contribution in [3.8, 4) is 0 Å². The lowest BCUT2D eigenvalue weighted by molar-refractivity contribution is -0.132. The van der Waals surface area contributed by atoms with Crippen LogP contribution in [0.15, 0.2) is 12.4 Å². The van der Waals surface area contributed by atoms with Crippen molar-refractivity contribution >= 4 is 11.8 Å². The number of hydrogen-bond donors (Lipinski definition) is 0. The van der Waals surface area contributed by atoms with E-state index in [-0.39, 0.29) is 17.9 Å². The van der Waals surface area contributed by atoms with Crippen LogP contribution in [0.2, 0.25) is 0 Å². The third-order valence-electron chi connectivity index (χ3n) is 4.84. The molecule has 118 valence electrons. The molecule has 2 atom stereocenters. The standard InChI is InChI=1S/C16H22N4O2/c1-11-8-18-13(9-17-11)16(22)20-7-6-14-12(10-20)4-3-5-15(21)19(14)2/h8-9,12,14H,3-7,10H2,1-2H3/t12-,14-/m1/s1. The Morgan fingerprint density at radius 3 is 2.82 bits per heavy atom. The quantitative estimate of drug-likeness (QED) is 0.783. The van der Waals surface area contributed by atoms with Gasteiger partial charge in [0.1, 0.15) is 5.69 Å². The van der Waals surface area contributed by atoms with Crippen molar-refractivity contribution < 1.29 is 9.59 Å². The molecule has 0 N–H and O–H groups in total. The summed E-state index contributed by atoms with van der Waals surface area (Å²) < 4.78 is 0. The molecule has 0 aromatic carbocycles. The molecule has 3 heterocycles. The summed E-state index contributed by atoms with van der Waals surface area (Å²) in [5.41, 5.74) is 1.21. The highest BCUT2D eigenvalue weighted by Gasteiger charge is 2.37. The Labute approximate surface area is 130 Å². The number of fused-ring (bicyclic) bond motifs is 1. The molecule has 1 aromatic heterocycles. The van der Waals surface area contributed by atoms with E-state index in [9.17, 15) is 9.59 Å². The van der Waals surface area contributed by atoms with Gasteiger partial charge in [-0.3, -0.25) is 14.6 Å². The minimum absolute atomic E-state index is 0.0517. The van der Waals surface area contributed by atoms with Gasteiger partial charge in [-0.2, -0.15) is 0 Å². The Morgan fingerprint density at radius 1 is 1.27 bits per heavy atom. The molecule has 2 aliphatic rings. The normalized spacial score (nSPS) is 25.6. The number of rotatable bonds is 1. The summed E-state index contributed by atoms with van der Waals surface area (Å²) in [5, 5.41) is 0. The fourth-order valence-electron chi connectivity index (χ4n) is 3.54. The number of nitrogens with zero attached hydrogens (tertiary/aromatic N) is 4. The summed E-state index contributed by atoms with van der Waals surface area (Å²) in [6.45, 7) is 3.23. The predicted molar refractivity (Wildman–Crippen MR) is 81.2 cm³/mol. The summed E-state index contributed by atoms with van der Waals surface area (Å²) in [4.78, 5) is 36.6. The number of carbonyl (C=O) groups is 2. The molecule has 2 amide bonds. The number of aryl methyl sites for hydroxylation is 1. The third kappa shape index (κ3) is 2.82. The Balaban J connectivity index is 1.72. The summed E-state index contributed by atoms with van der Waals surface area (Å²) >= 11 is 0. The molecule has 1 aromatic rings. The molecule has 0 bridgehead atoms. The first kappa shape index (κ1) is 14.9. The molecular formula is C16H22N4O2. The smallest absolute Gasteiger partial charge is 0.274 e. The number of piperidine rings is 1. The van der Waals surface area contributed by atoms with E-state index in [0.29, 0.717) is 31.1 Å². The zero-order valence-corrected chi connectivity index (χ0v) is 13.2. The van der Waals surface area contributed by atoms with Crippen molar-refractivity contribution in [2.24, 2.45) is 5.92 Å². The second-order valence-electron chi connectivity index (χ2n) is 6.31. The number of hydrogen-bond acceptors (Lipinski definition) is 4. The number of carbonyl (C=O) groups excluding carboxylic acids is 2. The molecular weight excluding hydrogens is 280 g/mol. The molecule has 0 spiro atoms. The molecule has 3 rings (SSSR count). The average Bonchev–Trinajstić information content (AvgIpc) is 2.67. The van der Waals surface area contributed by atoms with Crippen LogP contribution in [0.25, 0.3) is 0 Å². The van der Waals surface area contributed by atoms with Gasteiger partial charge >= 0.3 is 0 Å². The molecule has 0 radical (unpaired) electrons. The number of aromatic nitrogens is 2. The maximum Gasteiger partial charge on any atom is 0.274 e. The minimum atomic E-state index is -0.0517. The molecule has 0 saturated carbocycles. The average molecular weight is 302 g/mol. The Morgan fingerprint density at radius 2 is 2.09 bits per heavy atom. The van der Waals surface area contributed by atoms with Gasteiger partial charge < -0.3 is 9.80 Å². The molecule has 0 aliphatic carbocycles. The summed E-state index contributed by atoms with van der Waals surface area (Å²) in [5.74, 6) is 0.549. The highest BCUT2D eigenvalue weighted by molar-refractivity contribution is 5.92. The van der Waals surface area contributed by atoms with Crippen LogP contribution in [0, 0.1) is 12.8 Å². The minimum Gasteiger partial charge on any atom is -0.342 e. The van der Waals surface area contributed by atoms with Gasteiger partial charge in [0.2, 0.25) is 5.91 Å². The summed E-state index contributed by atoms with van der Waals surface area (Å²) in [6, 6.07) is 0.267. The van der Waals surface area contributed by atoms with Crippen LogP contribution in [-0.4, -0.2) is 57.8 Å². The van der Waals surface area contributed by atoms with Crippen molar-refractivity contribution in [3.63, 3.8) is 0 Å². The van der Waals surface area contributed by atoms with E-state index in [1.54, 1.807) is 12.4 Å². The Bertz CT molecular complexity index is 572. The van der Waals surface area contributed by atoms with E-state index in [2.05, 4.69) is 9.97 Å². The largest absolute Gasteiger partial charge is 0.342 e. The van der Waals surface area contributed by atoms with Crippen molar-refractivity contribution in [2.75, 3.05) is 20.1 Å². The molecule has 2 saturated heterocycles. The van der Waals surface area contributed by atoms with Gasteiger partial charge in [0, 0.05) is 38.8 Å². The lowest BCUT2D eigenvalue weighted by Crippen LogP contribution is -2.51. The van der Waals surface area contributed by atoms with E-state index >= 15 is 0 Å². The van der Waals surface area contributed by atoms with Gasteiger partial charge in [0.05, 0.1) is 11.9 Å². The van der Waals surface area contributed by atoms with E-state index in [0.717, 1.165) is 25.0 Å². The first-order valence-electron chi connectivity index (χ1n) is 7.90. The maximum atomic E-state index is 12.6. The van der Waals surface area contributed by atoms with Crippen molar-refractivity contribution in [2.45, 2.75) is 38.6 Å². The molecule has 2 fully saturated rings. The number of likely N-dealkylation sites (tertiary alicyclic amines) is 2. The maximum absolute atomic E-state index is 12.6. The van der Waals surface area contributed by atoms with Crippen molar-refractivity contribution in [3.05, 3.63) is 23.8 Å². The van der Waals surface area contributed by atoms with Gasteiger partial charge in [-0.05, 0) is 32.1 Å². The van der Waals surface area contributed by atoms with Crippen LogP contribution in [0.4, 0.5) is 0 Å². The topological polar surface area (TPSA) is 66.4 Å². The Kier molecular flexibility index (Phi) is 4.09. The summed E-state index contributed by atoms with van der Waals surface area (Å²) in [7, 11) is 1.90. The molecule has 6 heteroatoms. The third-order valence-corrected chi connectivity index (χ3v) is 4.84. The number of amides is 2. The molecule has 2 aliphatic heterocycles. The lowest BCUT2D eigenvalue weighted by Gasteiger charge is -2.41. The molecule has 0 unspecified atom stereocenters. The van der Waals surface area contributed by atoms with Crippen LogP contribution in [0.5, 0.6) is 0 Å². The van der Waals surface area contributed by atoms with Gasteiger partial charge in [0.15, 0.2) is 0 Å². The van der Waals surface area contributed by atoms with Gasteiger partial charge in [-0.15, -0.1) is 0 Å². The zero-order chi connectivity index (χ0) is 15.7. The van der Waals surface area contributed by atoms with E-state index in [1.165, 1.54) is 0 Å². The highest BCUT2D eigenvalue weighted by atomic mass is 16.2. The second kappa shape index (κ2) is 6.02. The first-order chi connectivity index (χ1) is 10.6. The fourth-order valence-corrected chi connectivity index (χ4v) is 3.54. The summed E-state index contributed by atoms with van der Waals surface area (Å²) in [6.07, 6.45) is 6.56. The lowest BCUT2D eigenvalue weighted by atomic mass is 9.88. The first-order valence-corrected chi connectivity index (χ1v) is 7.90. The fraction of sp³-hybridized carbons (Fsp3) is 0.625. The van der Waals surface area contributed by atoms with Crippen molar-refractivity contribution in [1.82, 2.24) is 19.8 Å². The monoisotopic (exact) mass is 302 g/mol. The molecule has 6 nitrogen and oxygen atoms in total. The van der Waals surface area contributed by atoms with Crippen LogP contribution in [0.1, 0.15) is 41.9 Å². The Hall–Kier alpha value is -1.98. The van der Waals surface area contributed by atoms with Crippen LogP contribution in [0.3, 0.4) is 0 Å². The van der Waals surface area contributed by atoms with Crippen LogP contribution in [-0.2, 0) is 4.79 Å². The van der Waals surface area contributed by atoms with Crippen molar-refractivity contribution in [1.29, 1.82) is 0 Å². The zero-order valence-electron chi connectivity index (χ0n) is 13.2. The van der Waals surface area contributed by atoms with E-state index in [1.807, 2.05) is 23.8 Å². The second-order valence-corrected chi connectivity index (χ2v) is 6.31. The predicted octanol–water partition coefficient (Wildman–Crippen LogP) is 1.26. The SMILES string of the molecule is Cc1cnc(C(=O)N2CC[C@@H]3[C@H](CCCC(=O)N3C)C2)cn1. The van der Waals surface area contributed by atoms with Gasteiger partial charge in [0.25, 0.3) is 5.91 Å². The molecule has 22 heavy (non-hydrogen) atoms. The highest BCUT2D eigenvalue weighted by Crippen LogP contribution is 2.30.